The molecule has 19 heavy (non-hydrogen) atoms. The van der Waals surface area contributed by atoms with E-state index in [-0.39, 0.29) is 23.0 Å². The van der Waals surface area contributed by atoms with Crippen LogP contribution >= 0.6 is 0 Å². The van der Waals surface area contributed by atoms with Crippen LogP contribution in [-0.2, 0) is 4.74 Å². The minimum atomic E-state index is -0.568. The number of halogens is 1. The third-order valence-electron chi connectivity index (χ3n) is 2.94. The number of rotatable bonds is 6. The molecule has 106 valence electrons. The maximum atomic E-state index is 13.8. The van der Waals surface area contributed by atoms with E-state index in [0.717, 1.165) is 25.3 Å². The molecule has 0 bridgehead atoms. The number of hydrogen-bond donors (Lipinski definition) is 2. The Bertz CT molecular complexity index is 449. The zero-order valence-corrected chi connectivity index (χ0v) is 11.6. The quantitative estimate of drug-likeness (QED) is 0.614. The number of hydrogen-bond acceptors (Lipinski definition) is 4. The number of benzene rings is 1. The topological polar surface area (TPSA) is 64.3 Å². The van der Waals surface area contributed by atoms with Crippen LogP contribution in [0.15, 0.2) is 12.1 Å². The molecule has 0 aliphatic rings. The second-order valence-electron chi connectivity index (χ2n) is 4.60. The number of carbonyl (C=O) groups excluding carboxylic acids is 1. The molecule has 0 radical (unpaired) electrons. The first-order chi connectivity index (χ1) is 8.99. The molecule has 4 nitrogen and oxygen atoms in total. The molecule has 0 aliphatic heterocycles. The number of nitrogens with two attached hydrogens (primary N) is 1. The lowest BCUT2D eigenvalue weighted by Gasteiger charge is -2.16. The molecule has 0 aromatic heterocycles. The van der Waals surface area contributed by atoms with Crippen LogP contribution in [0.2, 0.25) is 0 Å². The number of nitrogen functional groups attached to an aromatic ring is 1. The predicted molar refractivity (Wildman–Crippen MR) is 74.8 cm³/mol. The number of carbonyl (C=O) groups is 1. The summed E-state index contributed by atoms with van der Waals surface area (Å²) in [5.74, 6) is -1.03. The van der Waals surface area contributed by atoms with Gasteiger partial charge in [-0.25, -0.2) is 9.18 Å². The monoisotopic (exact) mass is 268 g/mol. The predicted octanol–water partition coefficient (Wildman–Crippen LogP) is 3.19. The van der Waals surface area contributed by atoms with E-state index in [1.807, 2.05) is 6.92 Å². The summed E-state index contributed by atoms with van der Waals surface area (Å²) in [5, 5.41) is 3.05. The van der Waals surface area contributed by atoms with Gasteiger partial charge in [-0.2, -0.15) is 0 Å². The van der Waals surface area contributed by atoms with Crippen molar-refractivity contribution in [3.8, 4) is 0 Å². The summed E-state index contributed by atoms with van der Waals surface area (Å²) in [6.45, 7) is 4.08. The lowest BCUT2D eigenvalue weighted by Crippen LogP contribution is -2.17. The molecule has 0 amide bonds. The van der Waals surface area contributed by atoms with E-state index in [1.165, 1.54) is 13.2 Å². The minimum absolute atomic E-state index is 0.0797. The van der Waals surface area contributed by atoms with Crippen LogP contribution in [0, 0.1) is 5.82 Å². The maximum absolute atomic E-state index is 13.8. The average Bonchev–Trinajstić information content (AvgIpc) is 2.38. The van der Waals surface area contributed by atoms with E-state index in [4.69, 9.17) is 5.73 Å². The molecule has 0 spiro atoms. The van der Waals surface area contributed by atoms with E-state index in [1.54, 1.807) is 0 Å². The molecule has 1 aromatic carbocycles. The molecular formula is C14H21FN2O2. The molecular weight excluding hydrogens is 247 g/mol. The van der Waals surface area contributed by atoms with E-state index in [9.17, 15) is 9.18 Å². The Kier molecular flexibility index (Phi) is 5.60. The lowest BCUT2D eigenvalue weighted by atomic mass is 10.1. The summed E-state index contributed by atoms with van der Waals surface area (Å²) < 4.78 is 18.4. The zero-order valence-electron chi connectivity index (χ0n) is 11.6. The van der Waals surface area contributed by atoms with Crippen LogP contribution in [0.3, 0.4) is 0 Å². The first-order valence-electron chi connectivity index (χ1n) is 6.43. The summed E-state index contributed by atoms with van der Waals surface area (Å²) >= 11 is 0. The standard InChI is InChI=1S/C14H21FN2O2/c1-4-5-6-9(2)17-13-7-10(14(18)19-3)12(16)8-11(13)15/h7-9,17H,4-6,16H2,1-3H3. The van der Waals surface area contributed by atoms with Gasteiger partial charge in [-0.3, -0.25) is 0 Å². The molecule has 1 aromatic rings. The summed E-state index contributed by atoms with van der Waals surface area (Å²) in [6, 6.07) is 2.67. The highest BCUT2D eigenvalue weighted by Crippen LogP contribution is 2.24. The lowest BCUT2D eigenvalue weighted by molar-refractivity contribution is 0.0602. The van der Waals surface area contributed by atoms with Crippen molar-refractivity contribution in [1.29, 1.82) is 0 Å². The SMILES string of the molecule is CCCCC(C)Nc1cc(C(=O)OC)c(N)cc1F. The van der Waals surface area contributed by atoms with Gasteiger partial charge in [0.05, 0.1) is 18.4 Å². The molecule has 3 N–H and O–H groups in total. The largest absolute Gasteiger partial charge is 0.465 e. The van der Waals surface area contributed by atoms with Gasteiger partial charge in [0.1, 0.15) is 5.82 Å². The highest BCUT2D eigenvalue weighted by Gasteiger charge is 2.15. The number of nitrogens with one attached hydrogen (secondary N) is 1. The van der Waals surface area contributed by atoms with Crippen molar-refractivity contribution in [1.82, 2.24) is 0 Å². The van der Waals surface area contributed by atoms with Gasteiger partial charge < -0.3 is 15.8 Å². The van der Waals surface area contributed by atoms with Gasteiger partial charge in [0.15, 0.2) is 0 Å². The minimum Gasteiger partial charge on any atom is -0.465 e. The van der Waals surface area contributed by atoms with Gasteiger partial charge in [-0.1, -0.05) is 19.8 Å². The molecule has 0 heterocycles. The third kappa shape index (κ3) is 4.12. The molecule has 0 saturated carbocycles. The molecule has 1 rings (SSSR count). The average molecular weight is 268 g/mol. The Hall–Kier alpha value is -1.78. The molecule has 5 heteroatoms. The van der Waals surface area contributed by atoms with Gasteiger partial charge in [-0.05, 0) is 25.5 Å². The fourth-order valence-electron chi connectivity index (χ4n) is 1.83. The maximum Gasteiger partial charge on any atom is 0.340 e. The smallest absolute Gasteiger partial charge is 0.340 e. The van der Waals surface area contributed by atoms with Crippen molar-refractivity contribution in [2.24, 2.45) is 0 Å². The van der Waals surface area contributed by atoms with Crippen LogP contribution in [0.25, 0.3) is 0 Å². The number of anilines is 2. The Morgan fingerprint density at radius 1 is 1.53 bits per heavy atom. The number of methoxy groups -OCH3 is 1. The van der Waals surface area contributed by atoms with Gasteiger partial charge in [-0.15, -0.1) is 0 Å². The molecule has 0 saturated heterocycles. The first-order valence-corrected chi connectivity index (χ1v) is 6.43. The van der Waals surface area contributed by atoms with Crippen LogP contribution in [0.5, 0.6) is 0 Å². The van der Waals surface area contributed by atoms with E-state index in [0.29, 0.717) is 0 Å². The summed E-state index contributed by atoms with van der Waals surface area (Å²) in [7, 11) is 1.27. The Balaban J connectivity index is 2.91. The van der Waals surface area contributed by atoms with Crippen LogP contribution < -0.4 is 11.1 Å². The summed E-state index contributed by atoms with van der Waals surface area (Å²) in [6.07, 6.45) is 3.09. The van der Waals surface area contributed by atoms with E-state index < -0.39 is 11.8 Å². The molecule has 0 aliphatic carbocycles. The number of unbranched alkanes of at least 4 members (excludes halogenated alkanes) is 1. The van der Waals surface area contributed by atoms with E-state index in [2.05, 4.69) is 17.0 Å². The van der Waals surface area contributed by atoms with Crippen molar-refractivity contribution < 1.29 is 13.9 Å². The summed E-state index contributed by atoms with van der Waals surface area (Å²) in [4.78, 5) is 11.5. The molecule has 1 atom stereocenters. The normalized spacial score (nSPS) is 12.0. The van der Waals surface area contributed by atoms with Crippen molar-refractivity contribution in [3.05, 3.63) is 23.5 Å². The van der Waals surface area contributed by atoms with E-state index >= 15 is 0 Å². The fraction of sp³-hybridized carbons (Fsp3) is 0.500. The second-order valence-corrected chi connectivity index (χ2v) is 4.60. The summed E-state index contributed by atoms with van der Waals surface area (Å²) in [5.41, 5.74) is 6.14. The molecule has 0 fully saturated rings. The van der Waals surface area contributed by atoms with Crippen molar-refractivity contribution in [2.45, 2.75) is 39.2 Å². The number of esters is 1. The van der Waals surface area contributed by atoms with Crippen molar-refractivity contribution in [3.63, 3.8) is 0 Å². The number of ether oxygens (including phenoxy) is 1. The van der Waals surface area contributed by atoms with Gasteiger partial charge in [0.25, 0.3) is 0 Å². The van der Waals surface area contributed by atoms with Crippen molar-refractivity contribution in [2.75, 3.05) is 18.2 Å². The Morgan fingerprint density at radius 3 is 2.79 bits per heavy atom. The van der Waals surface area contributed by atoms with Gasteiger partial charge >= 0.3 is 5.97 Å². The second kappa shape index (κ2) is 6.97. The highest BCUT2D eigenvalue weighted by atomic mass is 19.1. The van der Waals surface area contributed by atoms with Crippen molar-refractivity contribution >= 4 is 17.3 Å². The molecule has 1 unspecified atom stereocenters. The third-order valence-corrected chi connectivity index (χ3v) is 2.94. The zero-order chi connectivity index (χ0) is 14.4. The van der Waals surface area contributed by atoms with Crippen LogP contribution in [0.1, 0.15) is 43.5 Å². The van der Waals surface area contributed by atoms with Gasteiger partial charge in [0, 0.05) is 11.7 Å². The Labute approximate surface area is 113 Å². The fourth-order valence-corrected chi connectivity index (χ4v) is 1.83. The highest BCUT2D eigenvalue weighted by molar-refractivity contribution is 5.96. The Morgan fingerprint density at radius 2 is 2.21 bits per heavy atom. The van der Waals surface area contributed by atoms with Crippen LogP contribution in [-0.4, -0.2) is 19.1 Å². The van der Waals surface area contributed by atoms with Crippen LogP contribution in [0.4, 0.5) is 15.8 Å². The van der Waals surface area contributed by atoms with Gasteiger partial charge in [0.2, 0.25) is 0 Å². The first kappa shape index (κ1) is 15.3.